The van der Waals surface area contributed by atoms with E-state index in [2.05, 4.69) is 10.4 Å². The highest BCUT2D eigenvalue weighted by Gasteiger charge is 2.39. The Bertz CT molecular complexity index is 1650. The number of carbonyl (C=O) groups is 1. The zero-order chi connectivity index (χ0) is 26.5. The van der Waals surface area contributed by atoms with Crippen molar-refractivity contribution in [1.82, 2.24) is 24.9 Å². The van der Waals surface area contributed by atoms with Crippen LogP contribution in [0, 0.1) is 5.82 Å². The summed E-state index contributed by atoms with van der Waals surface area (Å²) in [5.41, 5.74) is 3.52. The van der Waals surface area contributed by atoms with Gasteiger partial charge in [0.05, 0.1) is 28.2 Å². The molecule has 0 aliphatic carbocycles. The summed E-state index contributed by atoms with van der Waals surface area (Å²) in [4.78, 5) is 13.3. The average molecular weight is 532 g/mol. The molecule has 1 aliphatic rings. The molecule has 194 valence electrons. The third-order valence-electron chi connectivity index (χ3n) is 6.85. The van der Waals surface area contributed by atoms with Crippen LogP contribution in [0.1, 0.15) is 23.7 Å². The molecule has 1 amide bonds. The van der Waals surface area contributed by atoms with Gasteiger partial charge in [-0.25, -0.2) is 13.8 Å². The fourth-order valence-electron chi connectivity index (χ4n) is 4.95. The molecule has 0 radical (unpaired) electrons. The first-order chi connectivity index (χ1) is 18.2. The highest BCUT2D eigenvalue weighted by atomic mass is 32.3. The van der Waals surface area contributed by atoms with Crippen LogP contribution in [0.25, 0.3) is 33.5 Å². The van der Waals surface area contributed by atoms with Crippen molar-refractivity contribution in [3.8, 4) is 22.6 Å². The fraction of sp³-hybridized carbons (Fsp3) is 0.179. The van der Waals surface area contributed by atoms with Crippen LogP contribution in [0.5, 0.6) is 0 Å². The summed E-state index contributed by atoms with van der Waals surface area (Å²) < 4.78 is 37.3. The molecule has 1 atom stereocenters. The monoisotopic (exact) mass is 531 g/mol. The van der Waals surface area contributed by atoms with E-state index in [1.54, 1.807) is 39.8 Å². The van der Waals surface area contributed by atoms with Crippen LogP contribution in [0.4, 0.5) is 4.39 Å². The van der Waals surface area contributed by atoms with E-state index in [-0.39, 0.29) is 23.2 Å². The number of halogens is 1. The molecule has 1 fully saturated rings. The molecule has 0 bridgehead atoms. The number of hydrogen-bond donors (Lipinski definition) is 3. The SMILES string of the molecule is CC1(NC(=O)c2ccc3c(-c4cccc(-n5cccn5)c4)nn(-c4ccc(F)cc4)c3c2)CCS(O)(O)C1. The Balaban J connectivity index is 1.44. The predicted octanol–water partition coefficient (Wildman–Crippen LogP) is 5.66. The maximum absolute atomic E-state index is 13.7. The zero-order valence-corrected chi connectivity index (χ0v) is 21.4. The molecule has 1 saturated heterocycles. The minimum Gasteiger partial charge on any atom is -0.345 e. The van der Waals surface area contributed by atoms with Gasteiger partial charge in [0.25, 0.3) is 5.91 Å². The summed E-state index contributed by atoms with van der Waals surface area (Å²) in [6.07, 6.45) is 4.07. The Morgan fingerprint density at radius 3 is 2.58 bits per heavy atom. The molecule has 3 N–H and O–H groups in total. The van der Waals surface area contributed by atoms with Crippen LogP contribution < -0.4 is 5.32 Å². The smallest absolute Gasteiger partial charge is 0.251 e. The lowest BCUT2D eigenvalue weighted by molar-refractivity contribution is 0.0915. The van der Waals surface area contributed by atoms with Gasteiger partial charge >= 0.3 is 0 Å². The summed E-state index contributed by atoms with van der Waals surface area (Å²) >= 11 is 0. The standard InChI is InChI=1S/C28H26FN5O3S/c1-28(12-15-38(36,37)18-28)31-27(35)20-6-11-24-25(17-20)34(22-9-7-21(29)8-10-22)32-26(24)19-4-2-5-23(16-19)33-14-3-13-30-33/h2-11,13-14,16-17,36-37H,12,15,18H2,1H3,(H,31,35). The van der Waals surface area contributed by atoms with Crippen molar-refractivity contribution in [1.29, 1.82) is 0 Å². The van der Waals surface area contributed by atoms with E-state index in [1.807, 2.05) is 49.5 Å². The van der Waals surface area contributed by atoms with Crippen LogP contribution in [-0.2, 0) is 0 Å². The minimum atomic E-state index is -2.68. The van der Waals surface area contributed by atoms with Crippen molar-refractivity contribution >= 4 is 27.4 Å². The molecular weight excluding hydrogens is 505 g/mol. The van der Waals surface area contributed by atoms with Crippen molar-refractivity contribution in [2.24, 2.45) is 0 Å². The number of aromatic nitrogens is 4. The molecule has 0 saturated carbocycles. The Hall–Kier alpha value is -3.99. The van der Waals surface area contributed by atoms with E-state index in [4.69, 9.17) is 5.10 Å². The molecular formula is C28H26FN5O3S. The van der Waals surface area contributed by atoms with E-state index in [0.29, 0.717) is 28.9 Å². The molecule has 10 heteroatoms. The largest absolute Gasteiger partial charge is 0.345 e. The number of nitrogens with zero attached hydrogens (tertiary/aromatic N) is 4. The first-order valence-electron chi connectivity index (χ1n) is 12.2. The van der Waals surface area contributed by atoms with Crippen molar-refractivity contribution in [3.05, 3.63) is 96.6 Å². The number of rotatable bonds is 5. The summed E-state index contributed by atoms with van der Waals surface area (Å²) in [7, 11) is -2.68. The van der Waals surface area contributed by atoms with Gasteiger partial charge in [0, 0.05) is 34.7 Å². The van der Waals surface area contributed by atoms with E-state index in [1.165, 1.54) is 12.1 Å². The van der Waals surface area contributed by atoms with Gasteiger partial charge in [0.15, 0.2) is 0 Å². The molecule has 1 unspecified atom stereocenters. The third-order valence-corrected chi connectivity index (χ3v) is 8.81. The number of nitrogens with one attached hydrogen (secondary N) is 1. The third kappa shape index (κ3) is 4.58. The number of hydrogen-bond acceptors (Lipinski definition) is 5. The van der Waals surface area contributed by atoms with Gasteiger partial charge in [-0.15, -0.1) is 0 Å². The van der Waals surface area contributed by atoms with Gasteiger partial charge in [0.2, 0.25) is 0 Å². The maximum Gasteiger partial charge on any atom is 0.251 e. The lowest BCUT2D eigenvalue weighted by atomic mass is 10.0. The van der Waals surface area contributed by atoms with Crippen molar-refractivity contribution in [2.45, 2.75) is 18.9 Å². The second kappa shape index (κ2) is 9.09. The molecule has 1 aliphatic heterocycles. The Labute approximate surface area is 220 Å². The number of carbonyl (C=O) groups excluding carboxylic acids is 1. The Morgan fingerprint density at radius 2 is 1.87 bits per heavy atom. The number of amides is 1. The van der Waals surface area contributed by atoms with Gasteiger partial charge in [-0.3, -0.25) is 13.9 Å². The quantitative estimate of drug-likeness (QED) is 0.271. The highest BCUT2D eigenvalue weighted by Crippen LogP contribution is 2.50. The summed E-state index contributed by atoms with van der Waals surface area (Å²) in [5, 5.41) is 13.0. The van der Waals surface area contributed by atoms with Crippen molar-refractivity contribution < 1.29 is 18.3 Å². The zero-order valence-electron chi connectivity index (χ0n) is 20.6. The number of benzene rings is 3. The second-order valence-corrected chi connectivity index (χ2v) is 12.2. The van der Waals surface area contributed by atoms with Gasteiger partial charge in [-0.1, -0.05) is 12.1 Å². The summed E-state index contributed by atoms with van der Waals surface area (Å²) in [6, 6.07) is 21.1. The molecule has 0 spiro atoms. The van der Waals surface area contributed by atoms with Crippen LogP contribution in [0.15, 0.2) is 85.2 Å². The van der Waals surface area contributed by atoms with Gasteiger partial charge < -0.3 is 5.32 Å². The molecule has 2 aromatic heterocycles. The van der Waals surface area contributed by atoms with Gasteiger partial charge in [0.1, 0.15) is 11.5 Å². The minimum absolute atomic E-state index is 0.137. The molecule has 8 nitrogen and oxygen atoms in total. The Kier molecular flexibility index (Phi) is 5.82. The first kappa shape index (κ1) is 24.4. The lowest BCUT2D eigenvalue weighted by Crippen LogP contribution is -2.46. The average Bonchev–Trinajstić information content (AvgIpc) is 3.62. The number of fused-ring (bicyclic) bond motifs is 1. The van der Waals surface area contributed by atoms with E-state index in [9.17, 15) is 18.3 Å². The molecule has 3 heterocycles. The second-order valence-electron chi connectivity index (χ2n) is 9.89. The maximum atomic E-state index is 13.7. The molecule has 3 aromatic carbocycles. The molecule has 6 rings (SSSR count). The van der Waals surface area contributed by atoms with Crippen molar-refractivity contribution in [2.75, 3.05) is 11.5 Å². The topological polar surface area (TPSA) is 105 Å². The molecule has 38 heavy (non-hydrogen) atoms. The normalized spacial score (nSPS) is 19.5. The van der Waals surface area contributed by atoms with Gasteiger partial charge in [-0.2, -0.15) is 20.8 Å². The fourth-order valence-corrected chi connectivity index (χ4v) is 7.11. The van der Waals surface area contributed by atoms with Crippen molar-refractivity contribution in [3.63, 3.8) is 0 Å². The first-order valence-corrected chi connectivity index (χ1v) is 14.0. The van der Waals surface area contributed by atoms with Crippen LogP contribution in [0.3, 0.4) is 0 Å². The Morgan fingerprint density at radius 1 is 1.05 bits per heavy atom. The van der Waals surface area contributed by atoms with Crippen LogP contribution in [-0.4, -0.2) is 51.6 Å². The lowest BCUT2D eigenvalue weighted by Gasteiger charge is -2.30. The van der Waals surface area contributed by atoms with Crippen LogP contribution >= 0.6 is 10.6 Å². The van der Waals surface area contributed by atoms with E-state index < -0.39 is 16.1 Å². The molecule has 5 aromatic rings. The summed E-state index contributed by atoms with van der Waals surface area (Å²) in [6.45, 7) is 1.83. The van der Waals surface area contributed by atoms with Crippen LogP contribution in [0.2, 0.25) is 0 Å². The van der Waals surface area contributed by atoms with E-state index in [0.717, 1.165) is 16.6 Å². The van der Waals surface area contributed by atoms with E-state index >= 15 is 0 Å². The summed E-state index contributed by atoms with van der Waals surface area (Å²) in [5.74, 6) is -0.243. The van der Waals surface area contributed by atoms with Gasteiger partial charge in [-0.05, 0) is 74.0 Å². The predicted molar refractivity (Wildman–Crippen MR) is 147 cm³/mol. The highest BCUT2D eigenvalue weighted by molar-refractivity contribution is 8.24.